The first-order chi connectivity index (χ1) is 5.70. The van der Waals surface area contributed by atoms with E-state index in [9.17, 15) is 9.59 Å². The Labute approximate surface area is 75.6 Å². The third-order valence-electron chi connectivity index (χ3n) is 0.946. The molecule has 0 heterocycles. The molecule has 0 aliphatic rings. The van der Waals surface area contributed by atoms with Crippen LogP contribution in [0.3, 0.4) is 0 Å². The van der Waals surface area contributed by atoms with Gasteiger partial charge >= 0.3 is 12.1 Å². The van der Waals surface area contributed by atoms with Gasteiger partial charge in [0, 0.05) is 6.42 Å². The highest BCUT2D eigenvalue weighted by atomic mass is 32.2. The average Bonchev–Trinajstić information content (AvgIpc) is 2.01. The summed E-state index contributed by atoms with van der Waals surface area (Å²) >= 11 is 1.34. The summed E-state index contributed by atoms with van der Waals surface area (Å²) in [7, 11) is 0. The van der Waals surface area contributed by atoms with Crippen LogP contribution in [0.25, 0.3) is 0 Å². The first-order valence-electron chi connectivity index (χ1n) is 3.57. The lowest BCUT2D eigenvalue weighted by Crippen LogP contribution is -2.13. The molecule has 70 valence electrons. The highest BCUT2D eigenvalue weighted by molar-refractivity contribution is 7.98. The number of carbonyl (C=O) groups is 2. The van der Waals surface area contributed by atoms with Crippen molar-refractivity contribution in [3.8, 4) is 0 Å². The van der Waals surface area contributed by atoms with Crippen LogP contribution in [0.1, 0.15) is 19.8 Å². The number of ether oxygens (including phenoxy) is 2. The molecule has 0 spiro atoms. The van der Waals surface area contributed by atoms with Crippen LogP contribution in [0, 0.1) is 0 Å². The van der Waals surface area contributed by atoms with Crippen LogP contribution in [0.2, 0.25) is 0 Å². The summed E-state index contributed by atoms with van der Waals surface area (Å²) in [4.78, 5) is 21.3. The number of esters is 1. The van der Waals surface area contributed by atoms with Crippen molar-refractivity contribution in [3.63, 3.8) is 0 Å². The van der Waals surface area contributed by atoms with Crippen molar-refractivity contribution in [2.24, 2.45) is 0 Å². The summed E-state index contributed by atoms with van der Waals surface area (Å²) < 4.78 is 8.77. The van der Waals surface area contributed by atoms with E-state index in [4.69, 9.17) is 0 Å². The Morgan fingerprint density at radius 1 is 1.42 bits per heavy atom. The van der Waals surface area contributed by atoms with Crippen molar-refractivity contribution >= 4 is 23.9 Å². The summed E-state index contributed by atoms with van der Waals surface area (Å²) in [6.07, 6.45) is 1.77. The van der Waals surface area contributed by atoms with Crippen molar-refractivity contribution < 1.29 is 19.1 Å². The third-order valence-corrected chi connectivity index (χ3v) is 1.30. The zero-order chi connectivity index (χ0) is 9.40. The number of hydrogen-bond donors (Lipinski definition) is 0. The second-order valence-corrected chi connectivity index (χ2v) is 2.84. The lowest BCUT2D eigenvalue weighted by Gasteiger charge is -2.01. The zero-order valence-electron chi connectivity index (χ0n) is 7.16. The van der Waals surface area contributed by atoms with Crippen molar-refractivity contribution in [2.75, 3.05) is 12.2 Å². The lowest BCUT2D eigenvalue weighted by atomic mass is 10.3. The Kier molecular flexibility index (Phi) is 6.55. The normalized spacial score (nSPS) is 9.17. The Morgan fingerprint density at radius 2 is 2.08 bits per heavy atom. The molecule has 0 aliphatic heterocycles. The number of rotatable bonds is 4. The minimum Gasteiger partial charge on any atom is -0.423 e. The van der Waals surface area contributed by atoms with Crippen molar-refractivity contribution in [1.29, 1.82) is 0 Å². The van der Waals surface area contributed by atoms with E-state index >= 15 is 0 Å². The highest BCUT2D eigenvalue weighted by Gasteiger charge is 2.09. The summed E-state index contributed by atoms with van der Waals surface area (Å²) in [5.74, 6) is -0.332. The Hall–Kier alpha value is -0.710. The highest BCUT2D eigenvalue weighted by Crippen LogP contribution is 1.97. The van der Waals surface area contributed by atoms with E-state index in [1.165, 1.54) is 11.8 Å². The average molecular weight is 192 g/mol. The van der Waals surface area contributed by atoms with E-state index in [0.29, 0.717) is 6.42 Å². The smallest absolute Gasteiger partial charge is 0.423 e. The fraction of sp³-hybridized carbons (Fsp3) is 0.714. The summed E-state index contributed by atoms with van der Waals surface area (Å²) in [6.45, 7) is 1.83. The number of thioether (sulfide) groups is 1. The minimum absolute atomic E-state index is 0.207. The molecule has 5 heteroatoms. The predicted octanol–water partition coefficient (Wildman–Crippen LogP) is 1.79. The second-order valence-electron chi connectivity index (χ2n) is 2.02. The SMILES string of the molecule is CCCC(=O)OC(=O)OCSC. The molecule has 0 atom stereocenters. The van der Waals surface area contributed by atoms with E-state index in [0.717, 1.165) is 0 Å². The van der Waals surface area contributed by atoms with Gasteiger partial charge in [-0.25, -0.2) is 4.79 Å². The molecule has 0 aromatic heterocycles. The van der Waals surface area contributed by atoms with Crippen LogP contribution in [0.4, 0.5) is 4.79 Å². The van der Waals surface area contributed by atoms with Crippen molar-refractivity contribution in [2.45, 2.75) is 19.8 Å². The van der Waals surface area contributed by atoms with Crippen LogP contribution in [0.15, 0.2) is 0 Å². The van der Waals surface area contributed by atoms with Gasteiger partial charge in [0.2, 0.25) is 0 Å². The minimum atomic E-state index is -0.914. The maximum atomic E-state index is 10.7. The first kappa shape index (κ1) is 11.3. The van der Waals surface area contributed by atoms with Crippen molar-refractivity contribution in [1.82, 2.24) is 0 Å². The van der Waals surface area contributed by atoms with Gasteiger partial charge in [-0.05, 0) is 12.7 Å². The van der Waals surface area contributed by atoms with Crippen molar-refractivity contribution in [3.05, 3.63) is 0 Å². The molecule has 0 aliphatic carbocycles. The molecule has 0 amide bonds. The molecule has 0 saturated heterocycles. The van der Waals surface area contributed by atoms with Gasteiger partial charge in [-0.2, -0.15) is 0 Å². The van der Waals surface area contributed by atoms with Gasteiger partial charge in [-0.1, -0.05) is 6.92 Å². The molecular weight excluding hydrogens is 180 g/mol. The van der Waals surface area contributed by atoms with Gasteiger partial charge in [0.15, 0.2) is 0 Å². The van der Waals surface area contributed by atoms with Gasteiger partial charge in [-0.15, -0.1) is 11.8 Å². The topological polar surface area (TPSA) is 52.6 Å². The largest absolute Gasteiger partial charge is 0.517 e. The molecule has 0 rings (SSSR count). The van der Waals surface area contributed by atoms with Gasteiger partial charge in [0.05, 0.1) is 0 Å². The molecule has 12 heavy (non-hydrogen) atoms. The van der Waals surface area contributed by atoms with Crippen LogP contribution < -0.4 is 0 Å². The second kappa shape index (κ2) is 6.97. The summed E-state index contributed by atoms with van der Waals surface area (Å²) in [5.41, 5.74) is 0. The van der Waals surface area contributed by atoms with E-state index < -0.39 is 12.1 Å². The number of carbonyl (C=O) groups excluding carboxylic acids is 2. The van der Waals surface area contributed by atoms with E-state index in [1.54, 1.807) is 6.26 Å². The lowest BCUT2D eigenvalue weighted by molar-refractivity contribution is -0.139. The zero-order valence-corrected chi connectivity index (χ0v) is 7.98. The molecule has 0 aromatic rings. The van der Waals surface area contributed by atoms with E-state index in [2.05, 4.69) is 9.47 Å². The monoisotopic (exact) mass is 192 g/mol. The maximum Gasteiger partial charge on any atom is 0.517 e. The molecule has 0 bridgehead atoms. The molecule has 0 saturated carbocycles. The van der Waals surface area contributed by atoms with E-state index in [1.807, 2.05) is 6.92 Å². The van der Waals surface area contributed by atoms with Crippen LogP contribution in [-0.2, 0) is 14.3 Å². The van der Waals surface area contributed by atoms with Crippen LogP contribution >= 0.6 is 11.8 Å². The summed E-state index contributed by atoms with van der Waals surface area (Å²) in [6, 6.07) is 0. The predicted molar refractivity (Wildman–Crippen MR) is 45.9 cm³/mol. The Balaban J connectivity index is 3.47. The molecule has 4 nitrogen and oxygen atoms in total. The molecule has 0 radical (unpaired) electrons. The van der Waals surface area contributed by atoms with Crippen LogP contribution in [-0.4, -0.2) is 24.3 Å². The quantitative estimate of drug-likeness (QED) is 0.386. The van der Waals surface area contributed by atoms with Crippen LogP contribution in [0.5, 0.6) is 0 Å². The summed E-state index contributed by atoms with van der Waals surface area (Å²) in [5, 5.41) is 0. The van der Waals surface area contributed by atoms with Gasteiger partial charge in [0.1, 0.15) is 5.94 Å². The molecule has 0 fully saturated rings. The Bertz CT molecular complexity index is 157. The van der Waals surface area contributed by atoms with Gasteiger partial charge in [-0.3, -0.25) is 4.79 Å². The van der Waals surface area contributed by atoms with Gasteiger partial charge in [0.25, 0.3) is 0 Å². The molecule has 0 aromatic carbocycles. The molecular formula is C7H12O4S. The molecule has 0 N–H and O–H groups in total. The first-order valence-corrected chi connectivity index (χ1v) is 4.96. The Morgan fingerprint density at radius 3 is 2.58 bits per heavy atom. The van der Waals surface area contributed by atoms with E-state index in [-0.39, 0.29) is 12.4 Å². The third kappa shape index (κ3) is 6.03. The van der Waals surface area contributed by atoms with Gasteiger partial charge < -0.3 is 9.47 Å². The fourth-order valence-corrected chi connectivity index (χ4v) is 0.699. The molecule has 0 unspecified atom stereocenters. The number of hydrogen-bond acceptors (Lipinski definition) is 5. The standard InChI is InChI=1S/C7H12O4S/c1-3-4-6(8)11-7(9)10-5-12-2/h3-5H2,1-2H3. The fourth-order valence-electron chi connectivity index (χ4n) is 0.485. The maximum absolute atomic E-state index is 10.7.